The van der Waals surface area contributed by atoms with Crippen LogP contribution in [0.25, 0.3) is 0 Å². The molecule has 0 fully saturated rings. The highest BCUT2D eigenvalue weighted by atomic mass is 16.9. The van der Waals surface area contributed by atoms with Crippen LogP contribution in [0.4, 0.5) is 0 Å². The molecule has 0 aromatic heterocycles. The van der Waals surface area contributed by atoms with Crippen LogP contribution < -0.4 is 11.2 Å². The van der Waals surface area contributed by atoms with Gasteiger partial charge in [-0.05, 0) is 6.42 Å². The maximum atomic E-state index is 9.76. The van der Waals surface area contributed by atoms with Gasteiger partial charge in [-0.1, -0.05) is 6.92 Å². The number of rotatable bonds is 3. The molecular weight excluding hydrogens is 96.0 g/mol. The van der Waals surface area contributed by atoms with Crippen LogP contribution in [0.15, 0.2) is 0 Å². The molecule has 44 valence electrons. The lowest BCUT2D eigenvalue weighted by atomic mass is 10.5. The largest absolute Gasteiger partial charge is 0.580 e. The first-order valence-corrected chi connectivity index (χ1v) is 2.19. The average molecular weight is 106 g/mol. The summed E-state index contributed by atoms with van der Waals surface area (Å²) in [4.78, 5) is 4.33. The lowest BCUT2D eigenvalue weighted by Crippen LogP contribution is -3.12. The van der Waals surface area contributed by atoms with Crippen molar-refractivity contribution in [2.45, 2.75) is 13.3 Å². The van der Waals surface area contributed by atoms with Crippen molar-refractivity contribution in [1.29, 1.82) is 0 Å². The van der Waals surface area contributed by atoms with Gasteiger partial charge in [0.1, 0.15) is 6.61 Å². The highest BCUT2D eigenvalue weighted by Crippen LogP contribution is 1.68. The maximum absolute atomic E-state index is 9.76. The molecule has 0 amide bonds. The number of nitrogens with two attached hydrogens (primary N) is 1. The van der Waals surface area contributed by atoms with Crippen LogP contribution in [0.5, 0.6) is 0 Å². The Balaban J connectivity index is 2.68. The fourth-order valence-electron chi connectivity index (χ4n) is 0.203. The Hall–Kier alpha value is -0.160. The number of quaternary nitrogens is 1. The third-order valence-electron chi connectivity index (χ3n) is 0.448. The average Bonchev–Trinajstić information content (AvgIpc) is 1.61. The van der Waals surface area contributed by atoms with E-state index in [9.17, 15) is 5.21 Å². The van der Waals surface area contributed by atoms with Gasteiger partial charge < -0.3 is 5.21 Å². The molecule has 0 aliphatic rings. The summed E-state index contributed by atoms with van der Waals surface area (Å²) in [5.74, 6) is 4.62. The third kappa shape index (κ3) is 5.84. The molecule has 1 unspecified atom stereocenters. The smallest absolute Gasteiger partial charge is 0.109 e. The predicted octanol–water partition coefficient (Wildman–Crippen LogP) is -1.42. The molecule has 0 saturated heterocycles. The molecule has 0 aromatic rings. The van der Waals surface area contributed by atoms with Crippen molar-refractivity contribution in [2.24, 2.45) is 5.84 Å². The van der Waals surface area contributed by atoms with Crippen molar-refractivity contribution in [3.63, 3.8) is 0 Å². The topological polar surface area (TPSA) is 62.8 Å². The fraction of sp³-hybridized carbons (Fsp3) is 1.00. The minimum atomic E-state index is -0.693. The summed E-state index contributed by atoms with van der Waals surface area (Å²) in [6.07, 6.45) is 0.822. The number of nitrogens with one attached hydrogen (secondary N) is 1. The van der Waals surface area contributed by atoms with E-state index >= 15 is 0 Å². The second-order valence-electron chi connectivity index (χ2n) is 1.17. The first kappa shape index (κ1) is 6.84. The van der Waals surface area contributed by atoms with E-state index < -0.39 is 5.34 Å². The fourth-order valence-corrected chi connectivity index (χ4v) is 0.203. The van der Waals surface area contributed by atoms with Gasteiger partial charge in [-0.2, -0.15) is 4.84 Å². The first-order valence-electron chi connectivity index (χ1n) is 2.19. The zero-order valence-electron chi connectivity index (χ0n) is 4.31. The number of hydrogen-bond donors (Lipinski definition) is 2. The second kappa shape index (κ2) is 4.01. The molecule has 0 bridgehead atoms. The van der Waals surface area contributed by atoms with Gasteiger partial charge in [-0.25, -0.2) is 0 Å². The minimum absolute atomic E-state index is 0.426. The Morgan fingerprint density at radius 1 is 1.86 bits per heavy atom. The second-order valence-corrected chi connectivity index (χ2v) is 1.17. The molecule has 1 atom stereocenters. The normalized spacial score (nSPS) is 14.1. The highest BCUT2D eigenvalue weighted by Gasteiger charge is 1.82. The minimum Gasteiger partial charge on any atom is -0.580 e. The Kier molecular flexibility index (Phi) is 3.92. The molecule has 0 spiro atoms. The van der Waals surface area contributed by atoms with Crippen LogP contribution in [0.2, 0.25) is 0 Å². The zero-order chi connectivity index (χ0) is 5.70. The quantitative estimate of drug-likeness (QED) is 0.343. The van der Waals surface area contributed by atoms with E-state index in [1.54, 1.807) is 0 Å². The van der Waals surface area contributed by atoms with Crippen molar-refractivity contribution in [3.05, 3.63) is 5.21 Å². The molecule has 0 rings (SSSR count). The summed E-state index contributed by atoms with van der Waals surface area (Å²) >= 11 is 0. The first-order chi connectivity index (χ1) is 3.27. The van der Waals surface area contributed by atoms with E-state index in [0.29, 0.717) is 6.61 Å². The van der Waals surface area contributed by atoms with E-state index in [0.717, 1.165) is 6.42 Å². The van der Waals surface area contributed by atoms with Gasteiger partial charge >= 0.3 is 0 Å². The molecule has 0 aromatic carbocycles. The monoisotopic (exact) mass is 106 g/mol. The molecule has 3 N–H and O–H groups in total. The summed E-state index contributed by atoms with van der Waals surface area (Å²) < 4.78 is 0. The van der Waals surface area contributed by atoms with Crippen molar-refractivity contribution in [2.75, 3.05) is 6.61 Å². The lowest BCUT2D eigenvalue weighted by Gasteiger charge is -2.10. The van der Waals surface area contributed by atoms with E-state index in [4.69, 9.17) is 0 Å². The molecule has 0 radical (unpaired) electrons. The van der Waals surface area contributed by atoms with E-state index in [1.165, 1.54) is 0 Å². The molecule has 0 aliphatic carbocycles. The molecule has 4 heteroatoms. The van der Waals surface area contributed by atoms with Crippen molar-refractivity contribution >= 4 is 0 Å². The molecule has 0 heterocycles. The van der Waals surface area contributed by atoms with Gasteiger partial charge in [0.05, 0.1) is 0 Å². The molecule has 0 saturated carbocycles. The van der Waals surface area contributed by atoms with E-state index in [-0.39, 0.29) is 0 Å². The highest BCUT2D eigenvalue weighted by molar-refractivity contribution is 4.13. The van der Waals surface area contributed by atoms with E-state index in [1.807, 2.05) is 6.92 Å². The molecule has 7 heavy (non-hydrogen) atoms. The van der Waals surface area contributed by atoms with Gasteiger partial charge in [0.2, 0.25) is 0 Å². The van der Waals surface area contributed by atoms with Gasteiger partial charge in [-0.15, -0.1) is 11.2 Å². The Morgan fingerprint density at radius 3 is 2.57 bits per heavy atom. The van der Waals surface area contributed by atoms with Gasteiger partial charge in [0.25, 0.3) is 0 Å². The molecule has 0 aliphatic heterocycles. The number of hydrogen-bond acceptors (Lipinski definition) is 3. The van der Waals surface area contributed by atoms with Crippen LogP contribution in [-0.2, 0) is 4.84 Å². The third-order valence-corrected chi connectivity index (χ3v) is 0.448. The summed E-state index contributed by atoms with van der Waals surface area (Å²) in [5.41, 5.74) is 0. The lowest BCUT2D eigenvalue weighted by molar-refractivity contribution is -1.06. The van der Waals surface area contributed by atoms with Crippen LogP contribution in [0.1, 0.15) is 13.3 Å². The summed E-state index contributed by atoms with van der Waals surface area (Å²) in [5, 5.41) is 9.07. The van der Waals surface area contributed by atoms with Crippen LogP contribution in [0, 0.1) is 5.21 Å². The summed E-state index contributed by atoms with van der Waals surface area (Å²) in [7, 11) is 0. The van der Waals surface area contributed by atoms with Crippen LogP contribution in [-0.4, -0.2) is 6.61 Å². The Bertz CT molecular complexity index is 39.9. The molecular formula is C3H10N2O2. The van der Waals surface area contributed by atoms with E-state index in [2.05, 4.69) is 10.7 Å². The Labute approximate surface area is 42.4 Å². The zero-order valence-corrected chi connectivity index (χ0v) is 4.31. The van der Waals surface area contributed by atoms with Gasteiger partial charge in [-0.3, -0.25) is 0 Å². The maximum Gasteiger partial charge on any atom is 0.109 e. The van der Waals surface area contributed by atoms with Crippen molar-refractivity contribution in [1.82, 2.24) is 0 Å². The van der Waals surface area contributed by atoms with Crippen molar-refractivity contribution in [3.8, 4) is 0 Å². The molecule has 4 nitrogen and oxygen atoms in total. The SMILES string of the molecule is CCCO[NH+](N)[O-]. The van der Waals surface area contributed by atoms with Gasteiger partial charge in [0, 0.05) is 0 Å². The standard InChI is InChI=1S/C3H10N2O2/c1-2-3-7-5(4)6/h5H,2-4H2,1H3. The summed E-state index contributed by atoms with van der Waals surface area (Å²) in [6.45, 7) is 2.33. The predicted molar refractivity (Wildman–Crippen MR) is 24.8 cm³/mol. The van der Waals surface area contributed by atoms with Crippen LogP contribution in [0.3, 0.4) is 0 Å². The van der Waals surface area contributed by atoms with Crippen LogP contribution >= 0.6 is 0 Å². The summed E-state index contributed by atoms with van der Waals surface area (Å²) in [6, 6.07) is 0. The van der Waals surface area contributed by atoms with Gasteiger partial charge in [0.15, 0.2) is 0 Å². The Morgan fingerprint density at radius 2 is 2.43 bits per heavy atom. The van der Waals surface area contributed by atoms with Crippen molar-refractivity contribution < 1.29 is 10.2 Å².